The van der Waals surface area contributed by atoms with Crippen LogP contribution < -0.4 is 0 Å². The second kappa shape index (κ2) is 7.63. The van der Waals surface area contributed by atoms with E-state index < -0.39 is 0 Å². The van der Waals surface area contributed by atoms with E-state index in [1.54, 1.807) is 0 Å². The van der Waals surface area contributed by atoms with Crippen LogP contribution in [0.2, 0.25) is 0 Å². The van der Waals surface area contributed by atoms with Gasteiger partial charge < -0.3 is 4.79 Å². The average Bonchev–Trinajstić information content (AvgIpc) is 1.65. The van der Waals surface area contributed by atoms with E-state index in [2.05, 4.69) is 0 Å². The van der Waals surface area contributed by atoms with Crippen LogP contribution in [0.4, 0.5) is 0 Å². The first-order valence-electron chi connectivity index (χ1n) is 2.53. The highest BCUT2D eigenvalue weighted by Crippen LogP contribution is 1.71. The summed E-state index contributed by atoms with van der Waals surface area (Å²) in [6, 6.07) is 0. The molecule has 2 nitrogen and oxygen atoms in total. The van der Waals surface area contributed by atoms with Crippen LogP contribution in [0.3, 0.4) is 0 Å². The third-order valence-electron chi connectivity index (χ3n) is 0.188. The van der Waals surface area contributed by atoms with Gasteiger partial charge in [0, 0.05) is 0 Å². The molecule has 0 aliphatic rings. The number of ketones is 2. The molecule has 0 aromatic carbocycles. The van der Waals surface area contributed by atoms with Gasteiger partial charge in [-0.1, -0.05) is 0 Å². The molecule has 0 aliphatic carbocycles. The van der Waals surface area contributed by atoms with Crippen molar-refractivity contribution >= 4 is 23.2 Å². The number of halogens is 1. The van der Waals surface area contributed by atoms with Gasteiger partial charge in [-0.3, -0.25) is 4.79 Å². The largest absolute Gasteiger partial charge is 0.300 e. The standard InChI is InChI=1S/C3H5ClO.C3H6O/c1-3(5)2-4;1-3(2)4/h2H2,1H3;1-2H3. The Labute approximate surface area is 60.2 Å². The minimum Gasteiger partial charge on any atom is -0.300 e. The Balaban J connectivity index is 0. The van der Waals surface area contributed by atoms with Crippen LogP contribution in [0, 0.1) is 0 Å². The molecular formula is C6H11ClO2. The number of rotatable bonds is 1. The summed E-state index contributed by atoms with van der Waals surface area (Å²) < 4.78 is 0. The summed E-state index contributed by atoms with van der Waals surface area (Å²) in [6.45, 7) is 4.51. The van der Waals surface area contributed by atoms with Crippen LogP contribution in [0.25, 0.3) is 0 Å². The lowest BCUT2D eigenvalue weighted by Gasteiger charge is -1.69. The average molecular weight is 151 g/mol. The fraction of sp³-hybridized carbons (Fsp3) is 0.667. The van der Waals surface area contributed by atoms with Crippen molar-refractivity contribution in [2.75, 3.05) is 5.88 Å². The Morgan fingerprint density at radius 1 is 1.22 bits per heavy atom. The maximum absolute atomic E-state index is 9.68. The van der Waals surface area contributed by atoms with Crippen LogP contribution in [0.15, 0.2) is 0 Å². The first-order chi connectivity index (χ1) is 4.00. The number of carbonyl (C=O) groups is 2. The van der Waals surface area contributed by atoms with Gasteiger partial charge in [0.1, 0.15) is 11.6 Å². The van der Waals surface area contributed by atoms with Crippen molar-refractivity contribution in [2.45, 2.75) is 20.8 Å². The monoisotopic (exact) mass is 150 g/mol. The zero-order valence-electron chi connectivity index (χ0n) is 5.90. The number of carbonyl (C=O) groups excluding carboxylic acids is 2. The molecule has 0 amide bonds. The Morgan fingerprint density at radius 2 is 1.33 bits per heavy atom. The topological polar surface area (TPSA) is 34.1 Å². The van der Waals surface area contributed by atoms with Gasteiger partial charge in [-0.2, -0.15) is 0 Å². The lowest BCUT2D eigenvalue weighted by atomic mass is 10.5. The maximum atomic E-state index is 9.68. The highest BCUT2D eigenvalue weighted by molar-refractivity contribution is 6.27. The molecule has 0 heterocycles. The minimum absolute atomic E-state index is 0.0201. The van der Waals surface area contributed by atoms with E-state index in [0.717, 1.165) is 0 Å². The minimum atomic E-state index is 0.0201. The predicted molar refractivity (Wildman–Crippen MR) is 37.8 cm³/mol. The molecule has 0 saturated heterocycles. The van der Waals surface area contributed by atoms with E-state index in [-0.39, 0.29) is 17.4 Å². The van der Waals surface area contributed by atoms with E-state index in [1.165, 1.54) is 20.8 Å². The number of Topliss-reactive ketones (excluding diaryl/α,β-unsaturated/α-hetero) is 2. The summed E-state index contributed by atoms with van der Waals surface area (Å²) in [5.74, 6) is 0.326. The van der Waals surface area contributed by atoms with Crippen LogP contribution in [-0.4, -0.2) is 17.4 Å². The van der Waals surface area contributed by atoms with Crippen molar-refractivity contribution in [3.05, 3.63) is 0 Å². The molecule has 9 heavy (non-hydrogen) atoms. The van der Waals surface area contributed by atoms with E-state index in [1.807, 2.05) is 0 Å². The van der Waals surface area contributed by atoms with Crippen molar-refractivity contribution in [3.63, 3.8) is 0 Å². The van der Waals surface area contributed by atoms with Crippen LogP contribution >= 0.6 is 11.6 Å². The van der Waals surface area contributed by atoms with Crippen LogP contribution in [0.1, 0.15) is 20.8 Å². The Kier molecular flexibility index (Phi) is 9.69. The van der Waals surface area contributed by atoms with Gasteiger partial charge in [0.05, 0.1) is 5.88 Å². The van der Waals surface area contributed by atoms with Gasteiger partial charge in [-0.25, -0.2) is 0 Å². The molecule has 0 fully saturated rings. The van der Waals surface area contributed by atoms with Gasteiger partial charge >= 0.3 is 0 Å². The molecule has 0 aliphatic heterocycles. The quantitative estimate of drug-likeness (QED) is 0.530. The summed E-state index contributed by atoms with van der Waals surface area (Å²) in [4.78, 5) is 19.1. The molecule has 0 N–H and O–H groups in total. The van der Waals surface area contributed by atoms with Crippen LogP contribution in [-0.2, 0) is 9.59 Å². The molecule has 54 valence electrons. The number of hydrogen-bond donors (Lipinski definition) is 0. The first kappa shape index (κ1) is 11.4. The lowest BCUT2D eigenvalue weighted by Crippen LogP contribution is -1.86. The normalized spacial score (nSPS) is 7.11. The highest BCUT2D eigenvalue weighted by atomic mass is 35.5. The molecular weight excluding hydrogens is 140 g/mol. The molecule has 0 bridgehead atoms. The molecule has 0 rings (SSSR count). The van der Waals surface area contributed by atoms with Crippen molar-refractivity contribution in [1.82, 2.24) is 0 Å². The maximum Gasteiger partial charge on any atom is 0.144 e. The zero-order chi connectivity index (χ0) is 7.86. The van der Waals surface area contributed by atoms with E-state index in [0.29, 0.717) is 0 Å². The van der Waals surface area contributed by atoms with Gasteiger partial charge in [0.25, 0.3) is 0 Å². The molecule has 0 saturated carbocycles. The highest BCUT2D eigenvalue weighted by Gasteiger charge is 1.79. The van der Waals surface area contributed by atoms with Gasteiger partial charge in [-0.15, -0.1) is 11.6 Å². The summed E-state index contributed by atoms with van der Waals surface area (Å²) in [6.07, 6.45) is 0. The van der Waals surface area contributed by atoms with E-state index in [4.69, 9.17) is 11.6 Å². The van der Waals surface area contributed by atoms with Crippen molar-refractivity contribution in [1.29, 1.82) is 0 Å². The van der Waals surface area contributed by atoms with Crippen molar-refractivity contribution < 1.29 is 9.59 Å². The first-order valence-corrected chi connectivity index (χ1v) is 3.06. The fourth-order valence-electron chi connectivity index (χ4n) is 0. The molecule has 0 aromatic heterocycles. The second-order valence-corrected chi connectivity index (χ2v) is 2.01. The Morgan fingerprint density at radius 3 is 1.33 bits per heavy atom. The summed E-state index contributed by atoms with van der Waals surface area (Å²) in [7, 11) is 0. The Bertz CT molecular complexity index is 95.2. The fourth-order valence-corrected chi connectivity index (χ4v) is 0. The van der Waals surface area contributed by atoms with Gasteiger partial charge in [-0.05, 0) is 20.8 Å². The second-order valence-electron chi connectivity index (χ2n) is 1.74. The zero-order valence-corrected chi connectivity index (χ0v) is 6.66. The van der Waals surface area contributed by atoms with Crippen LogP contribution in [0.5, 0.6) is 0 Å². The SMILES string of the molecule is CC(=O)CCl.CC(C)=O. The third-order valence-corrected chi connectivity index (χ3v) is 0.565. The molecule has 3 heteroatoms. The third kappa shape index (κ3) is 91.0. The van der Waals surface area contributed by atoms with E-state index in [9.17, 15) is 9.59 Å². The Hall–Kier alpha value is -0.370. The number of alkyl halides is 1. The lowest BCUT2D eigenvalue weighted by molar-refractivity contribution is -0.115. The summed E-state index contributed by atoms with van der Waals surface area (Å²) in [5.41, 5.74) is 0. The molecule has 0 spiro atoms. The van der Waals surface area contributed by atoms with E-state index >= 15 is 0 Å². The van der Waals surface area contributed by atoms with Crippen molar-refractivity contribution in [2.24, 2.45) is 0 Å². The van der Waals surface area contributed by atoms with Gasteiger partial charge in [0.2, 0.25) is 0 Å². The smallest absolute Gasteiger partial charge is 0.144 e. The summed E-state index contributed by atoms with van der Waals surface area (Å²) >= 11 is 4.99. The molecule has 0 radical (unpaired) electrons. The summed E-state index contributed by atoms with van der Waals surface area (Å²) in [5, 5.41) is 0. The molecule has 0 atom stereocenters. The van der Waals surface area contributed by atoms with Gasteiger partial charge in [0.15, 0.2) is 0 Å². The van der Waals surface area contributed by atoms with Crippen molar-refractivity contribution in [3.8, 4) is 0 Å². The predicted octanol–water partition coefficient (Wildman–Crippen LogP) is 1.41. The molecule has 0 aromatic rings. The molecule has 0 unspecified atom stereocenters. The number of hydrogen-bond acceptors (Lipinski definition) is 2.